The number of halogens is 2. The standard InChI is InChI=1S/C15H19Cl2N3O.C4H4O4/c16-12-7-4-8-13(17)14(12)19-15-18-9-10-20(15)21-11-5-2-1-3-6-11;5-3(6)1-2-4(7)8/h4,7-8,11H,1-3,5-6,9-10H2,(H,18,19);1-2H,(H,5,6)(H,7,8)/b;2-1+. The average molecular weight is 444 g/mol. The molecule has 1 aliphatic heterocycles. The van der Waals surface area contributed by atoms with Gasteiger partial charge in [-0.3, -0.25) is 4.84 Å². The molecule has 1 heterocycles. The number of hydrogen-bond acceptors (Lipinski definition) is 4. The predicted octanol–water partition coefficient (Wildman–Crippen LogP) is 3.86. The lowest BCUT2D eigenvalue weighted by atomic mass is 9.98. The van der Waals surface area contributed by atoms with Crippen LogP contribution in [0.2, 0.25) is 10.0 Å². The summed E-state index contributed by atoms with van der Waals surface area (Å²) in [6, 6.07) is 5.38. The number of para-hydroxylation sites is 1. The normalized spacial score (nSPS) is 18.4. The third-order valence-electron chi connectivity index (χ3n) is 4.19. The Kier molecular flexibility index (Phi) is 9.24. The van der Waals surface area contributed by atoms with Gasteiger partial charge in [0.05, 0.1) is 22.7 Å². The van der Waals surface area contributed by atoms with Crippen LogP contribution in [0.3, 0.4) is 0 Å². The molecule has 1 saturated carbocycles. The lowest BCUT2D eigenvalue weighted by molar-refractivity contribution is -0.148. The molecule has 0 atom stereocenters. The van der Waals surface area contributed by atoms with Crippen LogP contribution < -0.4 is 5.32 Å². The van der Waals surface area contributed by atoms with E-state index in [1.165, 1.54) is 19.3 Å². The van der Waals surface area contributed by atoms with Gasteiger partial charge in [0.2, 0.25) is 5.96 Å². The van der Waals surface area contributed by atoms with Crippen LogP contribution in [-0.4, -0.2) is 52.4 Å². The minimum absolute atomic E-state index is 0.297. The number of aliphatic imine (C=N–C) groups is 1. The van der Waals surface area contributed by atoms with Crippen LogP contribution in [0.5, 0.6) is 0 Å². The van der Waals surface area contributed by atoms with Gasteiger partial charge in [0.1, 0.15) is 5.69 Å². The van der Waals surface area contributed by atoms with E-state index < -0.39 is 11.9 Å². The average Bonchev–Trinajstić information content (AvgIpc) is 3.11. The molecule has 1 aromatic carbocycles. The number of benzene rings is 1. The Morgan fingerprint density at radius 2 is 1.69 bits per heavy atom. The van der Waals surface area contributed by atoms with E-state index in [2.05, 4.69) is 10.3 Å². The topological polar surface area (TPSA) is 111 Å². The summed E-state index contributed by atoms with van der Waals surface area (Å²) in [5.74, 6) is -1.82. The fourth-order valence-corrected chi connectivity index (χ4v) is 3.34. The summed E-state index contributed by atoms with van der Waals surface area (Å²) in [4.78, 5) is 29.7. The molecule has 0 bridgehead atoms. The number of hydrogen-bond donors (Lipinski definition) is 3. The highest BCUT2D eigenvalue weighted by Gasteiger charge is 2.24. The van der Waals surface area contributed by atoms with Gasteiger partial charge >= 0.3 is 11.9 Å². The number of rotatable bonds is 5. The summed E-state index contributed by atoms with van der Waals surface area (Å²) in [6.07, 6.45) is 7.46. The van der Waals surface area contributed by atoms with Gasteiger partial charge in [0.25, 0.3) is 0 Å². The van der Waals surface area contributed by atoms with Gasteiger partial charge in [0, 0.05) is 18.7 Å². The summed E-state index contributed by atoms with van der Waals surface area (Å²) in [5.41, 5.74) is 0.586. The van der Waals surface area contributed by atoms with Crippen molar-refractivity contribution in [2.75, 3.05) is 13.1 Å². The van der Waals surface area contributed by atoms with Crippen LogP contribution in [0, 0.1) is 0 Å². The minimum Gasteiger partial charge on any atom is -0.478 e. The maximum atomic E-state index is 9.55. The van der Waals surface area contributed by atoms with E-state index in [9.17, 15) is 9.59 Å². The van der Waals surface area contributed by atoms with Crippen molar-refractivity contribution in [1.29, 1.82) is 0 Å². The van der Waals surface area contributed by atoms with Crippen LogP contribution >= 0.6 is 23.2 Å². The van der Waals surface area contributed by atoms with Crippen LogP contribution in [0.4, 0.5) is 5.69 Å². The number of nitrogens with one attached hydrogen (secondary N) is 1. The fraction of sp³-hybridized carbons (Fsp3) is 0.421. The lowest BCUT2D eigenvalue weighted by Crippen LogP contribution is -2.35. The van der Waals surface area contributed by atoms with E-state index in [0.717, 1.165) is 25.9 Å². The number of nitrogens with zero attached hydrogens (tertiary/aromatic N) is 2. The first-order valence-electron chi connectivity index (χ1n) is 9.21. The van der Waals surface area contributed by atoms with Crippen molar-refractivity contribution in [3.8, 4) is 0 Å². The summed E-state index contributed by atoms with van der Waals surface area (Å²) in [5, 5.41) is 21.8. The van der Waals surface area contributed by atoms with Gasteiger partial charge in [-0.1, -0.05) is 48.5 Å². The summed E-state index contributed by atoms with van der Waals surface area (Å²) >= 11 is 12.3. The molecule has 8 nitrogen and oxygen atoms in total. The van der Waals surface area contributed by atoms with Gasteiger partial charge in [-0.25, -0.2) is 19.6 Å². The summed E-state index contributed by atoms with van der Waals surface area (Å²) < 4.78 is 0. The van der Waals surface area contributed by atoms with Crippen LogP contribution in [0.25, 0.3) is 0 Å². The zero-order chi connectivity index (χ0) is 21.2. The maximum absolute atomic E-state index is 9.55. The molecule has 2 fully saturated rings. The van der Waals surface area contributed by atoms with Gasteiger partial charge in [-0.15, -0.1) is 0 Å². The molecule has 1 aliphatic carbocycles. The smallest absolute Gasteiger partial charge is 0.328 e. The zero-order valence-corrected chi connectivity index (χ0v) is 17.2. The highest BCUT2D eigenvalue weighted by atomic mass is 35.5. The van der Waals surface area contributed by atoms with Gasteiger partial charge in [-0.2, -0.15) is 0 Å². The quantitative estimate of drug-likeness (QED) is 0.592. The third-order valence-corrected chi connectivity index (χ3v) is 4.80. The lowest BCUT2D eigenvalue weighted by Gasteiger charge is -2.27. The molecule has 0 unspecified atom stereocenters. The van der Waals surface area contributed by atoms with Crippen molar-refractivity contribution in [3.63, 3.8) is 0 Å². The Bertz CT molecular complexity index is 743. The van der Waals surface area contributed by atoms with Crippen molar-refractivity contribution in [2.45, 2.75) is 38.2 Å². The number of aliphatic carboxylic acids is 2. The highest BCUT2D eigenvalue weighted by Crippen LogP contribution is 2.33. The van der Waals surface area contributed by atoms with E-state index in [0.29, 0.717) is 39.9 Å². The van der Waals surface area contributed by atoms with E-state index in [4.69, 9.17) is 38.3 Å². The number of carbonyl (C=O) groups is 2. The fourth-order valence-electron chi connectivity index (χ4n) is 2.86. The van der Waals surface area contributed by atoms with E-state index in [-0.39, 0.29) is 0 Å². The van der Waals surface area contributed by atoms with Gasteiger partial charge in [0.15, 0.2) is 0 Å². The second-order valence-corrected chi connectivity index (χ2v) is 7.22. The number of guanidine groups is 1. The van der Waals surface area contributed by atoms with E-state index in [1.807, 2.05) is 11.1 Å². The second-order valence-electron chi connectivity index (χ2n) is 6.41. The Morgan fingerprint density at radius 1 is 1.10 bits per heavy atom. The maximum Gasteiger partial charge on any atom is 0.328 e. The Morgan fingerprint density at radius 3 is 2.24 bits per heavy atom. The SMILES string of the molecule is Clc1cccc(Cl)c1/N=C1\NCCN1OC1CCCCC1.O=C(O)/C=C/C(=O)O. The monoisotopic (exact) mass is 443 g/mol. The van der Waals surface area contributed by atoms with Gasteiger partial charge < -0.3 is 15.5 Å². The number of carboxylic acid groups (broad SMARTS) is 2. The molecule has 158 valence electrons. The van der Waals surface area contributed by atoms with E-state index >= 15 is 0 Å². The first-order chi connectivity index (χ1) is 13.9. The van der Waals surface area contributed by atoms with Crippen molar-refractivity contribution in [1.82, 2.24) is 10.4 Å². The largest absolute Gasteiger partial charge is 0.478 e. The first kappa shape index (κ1) is 23.0. The third kappa shape index (κ3) is 7.92. The molecule has 3 N–H and O–H groups in total. The highest BCUT2D eigenvalue weighted by molar-refractivity contribution is 6.38. The Balaban J connectivity index is 0.000000321. The van der Waals surface area contributed by atoms with Crippen LogP contribution in [-0.2, 0) is 14.4 Å². The molecular weight excluding hydrogens is 421 g/mol. The van der Waals surface area contributed by atoms with E-state index in [1.54, 1.807) is 12.1 Å². The molecular formula is C19H23Cl2N3O5. The summed E-state index contributed by atoms with van der Waals surface area (Å²) in [6.45, 7) is 1.60. The van der Waals surface area contributed by atoms with Crippen molar-refractivity contribution >= 4 is 46.8 Å². The van der Waals surface area contributed by atoms with Crippen molar-refractivity contribution < 1.29 is 24.6 Å². The number of hydroxylamine groups is 2. The molecule has 0 aromatic heterocycles. The molecule has 29 heavy (non-hydrogen) atoms. The Hall–Kier alpha value is -2.29. The molecule has 0 radical (unpaired) electrons. The van der Waals surface area contributed by atoms with Crippen molar-refractivity contribution in [3.05, 3.63) is 40.4 Å². The van der Waals surface area contributed by atoms with Gasteiger partial charge in [-0.05, 0) is 25.0 Å². The number of carboxylic acids is 2. The molecule has 1 aromatic rings. The first-order valence-corrected chi connectivity index (χ1v) is 9.97. The zero-order valence-electron chi connectivity index (χ0n) is 15.7. The molecule has 3 rings (SSSR count). The minimum atomic E-state index is -1.26. The molecule has 1 saturated heterocycles. The molecule has 2 aliphatic rings. The summed E-state index contributed by atoms with van der Waals surface area (Å²) in [7, 11) is 0. The predicted molar refractivity (Wildman–Crippen MR) is 111 cm³/mol. The Labute approximate surface area is 178 Å². The molecule has 0 amide bonds. The van der Waals surface area contributed by atoms with Crippen molar-refractivity contribution in [2.24, 2.45) is 4.99 Å². The van der Waals surface area contributed by atoms with Crippen LogP contribution in [0.15, 0.2) is 35.3 Å². The van der Waals surface area contributed by atoms with Crippen LogP contribution in [0.1, 0.15) is 32.1 Å². The molecule has 0 spiro atoms. The molecule has 10 heteroatoms. The second kappa shape index (κ2) is 11.6.